The summed E-state index contributed by atoms with van der Waals surface area (Å²) in [5, 5.41) is 0. The molecule has 1 amide bonds. The lowest BCUT2D eigenvalue weighted by Crippen LogP contribution is -2.59. The molecule has 1 unspecified atom stereocenters. The van der Waals surface area contributed by atoms with Gasteiger partial charge in [0.25, 0.3) is 5.91 Å². The summed E-state index contributed by atoms with van der Waals surface area (Å²) >= 11 is 0. The van der Waals surface area contributed by atoms with Crippen LogP contribution in [0, 0.1) is 5.92 Å². The summed E-state index contributed by atoms with van der Waals surface area (Å²) in [4.78, 5) is 26.8. The van der Waals surface area contributed by atoms with E-state index in [-0.39, 0.29) is 11.8 Å². The maximum absolute atomic E-state index is 13.3. The second-order valence-corrected chi connectivity index (χ2v) is 10.8. The largest absolute Gasteiger partial charge is 0.337 e. The van der Waals surface area contributed by atoms with Crippen LogP contribution in [0.15, 0.2) is 30.5 Å². The van der Waals surface area contributed by atoms with Crippen molar-refractivity contribution in [3.8, 4) is 11.4 Å². The minimum Gasteiger partial charge on any atom is -0.337 e. The Bertz CT molecular complexity index is 1160. The van der Waals surface area contributed by atoms with Gasteiger partial charge in [-0.05, 0) is 37.3 Å². The van der Waals surface area contributed by atoms with E-state index in [2.05, 4.69) is 21.5 Å². The van der Waals surface area contributed by atoms with Gasteiger partial charge in [-0.1, -0.05) is 31.9 Å². The normalized spacial score (nSPS) is 25.8. The quantitative estimate of drug-likeness (QED) is 0.784. The SMILES string of the molecule is C[C@@H]1CC12C(=O)N(C)c1cnc(-c3cccc(NS(C)(=O)=O)c3)nc1N2C1CCCC1. The highest BCUT2D eigenvalue weighted by atomic mass is 32.2. The molecule has 9 heteroatoms. The molecular formula is C22H27N5O3S. The lowest BCUT2D eigenvalue weighted by atomic mass is 10.0. The molecule has 0 radical (unpaired) electrons. The Morgan fingerprint density at radius 2 is 1.94 bits per heavy atom. The highest BCUT2D eigenvalue weighted by molar-refractivity contribution is 7.92. The monoisotopic (exact) mass is 441 g/mol. The van der Waals surface area contributed by atoms with Gasteiger partial charge in [-0.15, -0.1) is 0 Å². The predicted octanol–water partition coefficient (Wildman–Crippen LogP) is 3.02. The Morgan fingerprint density at radius 3 is 2.58 bits per heavy atom. The van der Waals surface area contributed by atoms with Gasteiger partial charge in [-0.3, -0.25) is 9.52 Å². The third-order valence-electron chi connectivity index (χ3n) is 6.83. The number of amides is 1. The number of hydrogen-bond acceptors (Lipinski definition) is 6. The number of benzene rings is 1. The second kappa shape index (κ2) is 6.91. The van der Waals surface area contributed by atoms with Gasteiger partial charge in [-0.2, -0.15) is 0 Å². The molecule has 1 spiro atoms. The van der Waals surface area contributed by atoms with E-state index in [1.807, 2.05) is 6.07 Å². The Morgan fingerprint density at radius 1 is 1.23 bits per heavy atom. The number of fused-ring (bicyclic) bond motifs is 1. The molecule has 2 fully saturated rings. The molecule has 1 N–H and O–H groups in total. The first-order valence-corrected chi connectivity index (χ1v) is 12.6. The molecule has 2 saturated carbocycles. The molecule has 31 heavy (non-hydrogen) atoms. The standard InChI is InChI=1S/C22H27N5O3S/c1-14-12-22(14)21(28)26(2)18-13-23-19(24-20(18)27(22)17-9-4-5-10-17)15-7-6-8-16(11-15)25-31(3,29)30/h6-8,11,13-14,17,25H,4-5,9-10,12H2,1-3H3/t14-,22?/m1/s1. The summed E-state index contributed by atoms with van der Waals surface area (Å²) in [5.41, 5.74) is 1.42. The van der Waals surface area contributed by atoms with Gasteiger partial charge >= 0.3 is 0 Å². The van der Waals surface area contributed by atoms with E-state index in [9.17, 15) is 13.2 Å². The molecule has 0 bridgehead atoms. The van der Waals surface area contributed by atoms with Crippen molar-refractivity contribution in [2.45, 2.75) is 50.6 Å². The van der Waals surface area contributed by atoms with E-state index in [0.29, 0.717) is 17.6 Å². The summed E-state index contributed by atoms with van der Waals surface area (Å²) < 4.78 is 25.7. The number of carbonyl (C=O) groups excluding carboxylic acids is 1. The molecule has 1 aromatic carbocycles. The van der Waals surface area contributed by atoms with E-state index < -0.39 is 15.6 Å². The maximum Gasteiger partial charge on any atom is 0.253 e. The Hall–Kier alpha value is -2.68. The van der Waals surface area contributed by atoms with Crippen LogP contribution in [0.3, 0.4) is 0 Å². The molecule has 1 aliphatic heterocycles. The van der Waals surface area contributed by atoms with Crippen LogP contribution in [0.1, 0.15) is 39.0 Å². The molecule has 1 aromatic heterocycles. The van der Waals surface area contributed by atoms with Crippen LogP contribution < -0.4 is 14.5 Å². The van der Waals surface area contributed by atoms with Crippen molar-refractivity contribution in [1.29, 1.82) is 0 Å². The van der Waals surface area contributed by atoms with Crippen molar-refractivity contribution in [3.05, 3.63) is 30.5 Å². The summed E-state index contributed by atoms with van der Waals surface area (Å²) in [7, 11) is -1.58. The van der Waals surface area contributed by atoms with Crippen LogP contribution in [-0.4, -0.2) is 49.2 Å². The number of anilines is 3. The number of nitrogens with zero attached hydrogens (tertiary/aromatic N) is 4. The van der Waals surface area contributed by atoms with Crippen molar-refractivity contribution in [1.82, 2.24) is 9.97 Å². The van der Waals surface area contributed by atoms with Gasteiger partial charge in [0.2, 0.25) is 10.0 Å². The summed E-state index contributed by atoms with van der Waals surface area (Å²) in [6.07, 6.45) is 8.16. The molecule has 2 atom stereocenters. The van der Waals surface area contributed by atoms with Crippen molar-refractivity contribution in [2.24, 2.45) is 5.92 Å². The van der Waals surface area contributed by atoms with Gasteiger partial charge in [0.05, 0.1) is 12.5 Å². The Labute approximate surface area is 182 Å². The van der Waals surface area contributed by atoms with E-state index in [4.69, 9.17) is 4.98 Å². The fraction of sp³-hybridized carbons (Fsp3) is 0.500. The van der Waals surface area contributed by atoms with Crippen molar-refractivity contribution in [2.75, 3.05) is 27.8 Å². The molecule has 8 nitrogen and oxygen atoms in total. The predicted molar refractivity (Wildman–Crippen MR) is 121 cm³/mol. The van der Waals surface area contributed by atoms with Crippen molar-refractivity contribution >= 4 is 33.1 Å². The third kappa shape index (κ3) is 3.26. The Balaban J connectivity index is 1.61. The average Bonchev–Trinajstić information content (AvgIpc) is 3.11. The van der Waals surface area contributed by atoms with E-state index >= 15 is 0 Å². The van der Waals surface area contributed by atoms with Crippen LogP contribution in [0.2, 0.25) is 0 Å². The minimum absolute atomic E-state index is 0.134. The zero-order chi connectivity index (χ0) is 22.0. The highest BCUT2D eigenvalue weighted by Crippen LogP contribution is 2.57. The zero-order valence-electron chi connectivity index (χ0n) is 18.0. The van der Waals surface area contributed by atoms with Gasteiger partial charge in [0, 0.05) is 24.3 Å². The lowest BCUT2D eigenvalue weighted by Gasteiger charge is -2.45. The van der Waals surface area contributed by atoms with Crippen LogP contribution in [-0.2, 0) is 14.8 Å². The van der Waals surface area contributed by atoms with Gasteiger partial charge in [0.1, 0.15) is 11.2 Å². The number of sulfonamides is 1. The summed E-state index contributed by atoms with van der Waals surface area (Å²) in [6, 6.07) is 7.38. The molecule has 2 aromatic rings. The number of rotatable bonds is 4. The third-order valence-corrected chi connectivity index (χ3v) is 7.44. The number of carbonyl (C=O) groups is 1. The first-order valence-electron chi connectivity index (χ1n) is 10.7. The second-order valence-electron chi connectivity index (χ2n) is 9.06. The summed E-state index contributed by atoms with van der Waals surface area (Å²) in [6.45, 7) is 2.14. The zero-order valence-corrected chi connectivity index (χ0v) is 18.8. The first kappa shape index (κ1) is 20.2. The van der Waals surface area contributed by atoms with E-state index in [1.165, 1.54) is 12.8 Å². The summed E-state index contributed by atoms with van der Waals surface area (Å²) in [5.74, 6) is 1.75. The number of hydrogen-bond donors (Lipinski definition) is 1. The van der Waals surface area contributed by atoms with Crippen LogP contribution >= 0.6 is 0 Å². The van der Waals surface area contributed by atoms with Crippen LogP contribution in [0.5, 0.6) is 0 Å². The van der Waals surface area contributed by atoms with Crippen molar-refractivity contribution < 1.29 is 13.2 Å². The molecule has 3 aliphatic rings. The van der Waals surface area contributed by atoms with E-state index in [1.54, 1.807) is 36.3 Å². The molecule has 164 valence electrons. The first-order chi connectivity index (χ1) is 14.7. The van der Waals surface area contributed by atoms with Crippen LogP contribution in [0.25, 0.3) is 11.4 Å². The van der Waals surface area contributed by atoms with Gasteiger partial charge < -0.3 is 9.80 Å². The number of nitrogens with one attached hydrogen (secondary N) is 1. The molecule has 0 saturated heterocycles. The fourth-order valence-electron chi connectivity index (χ4n) is 5.25. The average molecular weight is 442 g/mol. The number of likely N-dealkylation sites (N-methyl/N-ethyl adjacent to an activating group) is 1. The van der Waals surface area contributed by atoms with Crippen LogP contribution in [0.4, 0.5) is 17.2 Å². The molecule has 2 heterocycles. The van der Waals surface area contributed by atoms with Gasteiger partial charge in [-0.25, -0.2) is 18.4 Å². The van der Waals surface area contributed by atoms with Crippen molar-refractivity contribution in [3.63, 3.8) is 0 Å². The number of aromatic nitrogens is 2. The fourth-order valence-corrected chi connectivity index (χ4v) is 5.81. The topological polar surface area (TPSA) is 95.5 Å². The smallest absolute Gasteiger partial charge is 0.253 e. The highest BCUT2D eigenvalue weighted by Gasteiger charge is 2.66. The molecule has 2 aliphatic carbocycles. The van der Waals surface area contributed by atoms with Gasteiger partial charge in [0.15, 0.2) is 11.6 Å². The van der Waals surface area contributed by atoms with E-state index in [0.717, 1.165) is 42.6 Å². The minimum atomic E-state index is -3.38. The molecule has 5 rings (SSSR count). The maximum atomic E-state index is 13.3. The lowest BCUT2D eigenvalue weighted by molar-refractivity contribution is -0.121. The Kier molecular flexibility index (Phi) is 4.51. The molecular weight excluding hydrogens is 414 g/mol.